The number of hydrogen-bond donors (Lipinski definition) is 0. The lowest BCUT2D eigenvalue weighted by Crippen LogP contribution is -2.29. The van der Waals surface area contributed by atoms with Gasteiger partial charge in [0.15, 0.2) is 0 Å². The maximum Gasteiger partial charge on any atom is 0.246 e. The Morgan fingerprint density at radius 1 is 1.36 bits per heavy atom. The van der Waals surface area contributed by atoms with Gasteiger partial charge in [-0.25, -0.2) is 0 Å². The Balaban J connectivity index is 4.02. The van der Waals surface area contributed by atoms with Crippen LogP contribution >= 0.6 is 0 Å². The molecule has 0 aromatic carbocycles. The number of carbonyl (C=O) groups excluding carboxylic acids is 1. The maximum atomic E-state index is 11.5. The van der Waals surface area contributed by atoms with E-state index in [9.17, 15) is 4.79 Å². The van der Waals surface area contributed by atoms with Gasteiger partial charge in [-0.15, -0.1) is 6.58 Å². The first-order chi connectivity index (χ1) is 6.61. The predicted molar refractivity (Wildman–Crippen MR) is 60.1 cm³/mol. The third kappa shape index (κ3) is 5.54. The molecule has 0 radical (unpaired) electrons. The smallest absolute Gasteiger partial charge is 0.246 e. The normalized spacial score (nSPS) is 10.9. The molecule has 3 nitrogen and oxygen atoms in total. The maximum absolute atomic E-state index is 11.5. The number of nitrogens with zero attached hydrogens (tertiary/aromatic N) is 2. The van der Waals surface area contributed by atoms with E-state index in [1.165, 1.54) is 0 Å². The van der Waals surface area contributed by atoms with E-state index in [0.29, 0.717) is 6.54 Å². The van der Waals surface area contributed by atoms with Gasteiger partial charge in [0.05, 0.1) is 0 Å². The highest BCUT2D eigenvalue weighted by atomic mass is 16.2. The van der Waals surface area contributed by atoms with Crippen molar-refractivity contribution in [2.75, 3.05) is 33.7 Å². The zero-order valence-electron chi connectivity index (χ0n) is 9.36. The molecule has 3 heteroatoms. The van der Waals surface area contributed by atoms with Crippen molar-refractivity contribution in [1.82, 2.24) is 9.80 Å². The van der Waals surface area contributed by atoms with Crippen LogP contribution in [-0.2, 0) is 4.79 Å². The van der Waals surface area contributed by atoms with Crippen molar-refractivity contribution in [2.45, 2.75) is 6.92 Å². The number of carbonyl (C=O) groups is 1. The molecule has 0 aromatic rings. The van der Waals surface area contributed by atoms with E-state index in [0.717, 1.165) is 13.1 Å². The lowest BCUT2D eigenvalue weighted by atomic mass is 10.4. The Kier molecular flexibility index (Phi) is 6.76. The molecule has 0 unspecified atom stereocenters. The van der Waals surface area contributed by atoms with E-state index in [-0.39, 0.29) is 5.91 Å². The Labute approximate surface area is 86.7 Å². The van der Waals surface area contributed by atoms with E-state index >= 15 is 0 Å². The molecule has 0 saturated carbocycles. The Hall–Kier alpha value is -1.09. The van der Waals surface area contributed by atoms with Gasteiger partial charge in [-0.05, 0) is 21.0 Å². The van der Waals surface area contributed by atoms with Gasteiger partial charge >= 0.3 is 0 Å². The molecule has 0 aliphatic heterocycles. The first-order valence-corrected chi connectivity index (χ1v) is 4.82. The Bertz CT molecular complexity index is 209. The van der Waals surface area contributed by atoms with Crippen molar-refractivity contribution < 1.29 is 4.79 Å². The number of hydrogen-bond acceptors (Lipinski definition) is 2. The topological polar surface area (TPSA) is 23.6 Å². The first-order valence-electron chi connectivity index (χ1n) is 4.82. The van der Waals surface area contributed by atoms with Gasteiger partial charge in [-0.2, -0.15) is 0 Å². The van der Waals surface area contributed by atoms with Crippen LogP contribution in [0, 0.1) is 0 Å². The van der Waals surface area contributed by atoms with Gasteiger partial charge in [0.2, 0.25) is 5.91 Å². The standard InChI is InChI=1S/C11H20N2O/c1-5-9-13(6-2)11(14)8-7-10-12(3)4/h5,7-8H,1,6,9-10H2,2-4H3/b8-7+. The van der Waals surface area contributed by atoms with Crippen molar-refractivity contribution in [3.8, 4) is 0 Å². The van der Waals surface area contributed by atoms with E-state index in [1.54, 1.807) is 17.1 Å². The molecule has 80 valence electrons. The third-order valence-corrected chi connectivity index (χ3v) is 1.77. The van der Waals surface area contributed by atoms with Gasteiger partial charge in [-0.3, -0.25) is 4.79 Å². The minimum absolute atomic E-state index is 0.0502. The molecule has 0 saturated heterocycles. The zero-order valence-corrected chi connectivity index (χ0v) is 9.36. The molecule has 0 aromatic heterocycles. The summed E-state index contributed by atoms with van der Waals surface area (Å²) in [5.74, 6) is 0.0502. The Morgan fingerprint density at radius 2 is 2.00 bits per heavy atom. The van der Waals surface area contributed by atoms with Crippen LogP contribution in [0.25, 0.3) is 0 Å². The molecule has 0 bridgehead atoms. The second-order valence-corrected chi connectivity index (χ2v) is 3.33. The van der Waals surface area contributed by atoms with Crippen LogP contribution in [0.5, 0.6) is 0 Å². The minimum atomic E-state index is 0.0502. The van der Waals surface area contributed by atoms with Crippen molar-refractivity contribution in [3.05, 3.63) is 24.8 Å². The summed E-state index contributed by atoms with van der Waals surface area (Å²) in [5, 5.41) is 0. The molecular weight excluding hydrogens is 176 g/mol. The van der Waals surface area contributed by atoms with Gasteiger partial charge < -0.3 is 9.80 Å². The fourth-order valence-corrected chi connectivity index (χ4v) is 1.00. The molecule has 0 heterocycles. The van der Waals surface area contributed by atoms with E-state index < -0.39 is 0 Å². The van der Waals surface area contributed by atoms with Gasteiger partial charge in [0.1, 0.15) is 0 Å². The fourth-order valence-electron chi connectivity index (χ4n) is 1.00. The highest BCUT2D eigenvalue weighted by Crippen LogP contribution is 1.91. The molecule has 0 spiro atoms. The van der Waals surface area contributed by atoms with E-state index in [4.69, 9.17) is 0 Å². The summed E-state index contributed by atoms with van der Waals surface area (Å²) in [6.45, 7) is 7.69. The number of likely N-dealkylation sites (N-methyl/N-ethyl adjacent to an activating group) is 2. The fraction of sp³-hybridized carbons (Fsp3) is 0.545. The van der Waals surface area contributed by atoms with Gasteiger partial charge in [0, 0.05) is 25.7 Å². The number of amides is 1. The van der Waals surface area contributed by atoms with Crippen LogP contribution in [0.3, 0.4) is 0 Å². The summed E-state index contributed by atoms with van der Waals surface area (Å²) < 4.78 is 0. The molecule has 0 atom stereocenters. The minimum Gasteiger partial charge on any atom is -0.336 e. The third-order valence-electron chi connectivity index (χ3n) is 1.77. The quantitative estimate of drug-likeness (QED) is 0.470. The summed E-state index contributed by atoms with van der Waals surface area (Å²) >= 11 is 0. The lowest BCUT2D eigenvalue weighted by molar-refractivity contribution is -0.125. The molecule has 14 heavy (non-hydrogen) atoms. The second kappa shape index (κ2) is 7.33. The molecule has 0 aliphatic rings. The second-order valence-electron chi connectivity index (χ2n) is 3.33. The lowest BCUT2D eigenvalue weighted by Gasteiger charge is -2.16. The largest absolute Gasteiger partial charge is 0.336 e. The predicted octanol–water partition coefficient (Wildman–Crippen LogP) is 1.14. The van der Waals surface area contributed by atoms with E-state index in [1.807, 2.05) is 32.0 Å². The molecule has 0 rings (SSSR count). The summed E-state index contributed by atoms with van der Waals surface area (Å²) in [5.41, 5.74) is 0. The SMILES string of the molecule is C=CCN(CC)C(=O)/C=C/CN(C)C. The molecule has 0 fully saturated rings. The van der Waals surface area contributed by atoms with Crippen LogP contribution in [-0.4, -0.2) is 49.4 Å². The van der Waals surface area contributed by atoms with Gasteiger partial charge in [0.25, 0.3) is 0 Å². The number of rotatable bonds is 6. The van der Waals surface area contributed by atoms with Crippen molar-refractivity contribution in [1.29, 1.82) is 0 Å². The van der Waals surface area contributed by atoms with Gasteiger partial charge in [-0.1, -0.05) is 12.2 Å². The average Bonchev–Trinajstić information content (AvgIpc) is 2.13. The van der Waals surface area contributed by atoms with Crippen LogP contribution in [0.2, 0.25) is 0 Å². The molecule has 1 amide bonds. The average molecular weight is 196 g/mol. The van der Waals surface area contributed by atoms with E-state index in [2.05, 4.69) is 6.58 Å². The van der Waals surface area contributed by atoms with Crippen molar-refractivity contribution >= 4 is 5.91 Å². The summed E-state index contributed by atoms with van der Waals surface area (Å²) in [6, 6.07) is 0. The highest BCUT2D eigenvalue weighted by molar-refractivity contribution is 5.87. The van der Waals surface area contributed by atoms with Crippen LogP contribution < -0.4 is 0 Å². The van der Waals surface area contributed by atoms with Crippen LogP contribution in [0.15, 0.2) is 24.8 Å². The molecule has 0 N–H and O–H groups in total. The summed E-state index contributed by atoms with van der Waals surface area (Å²) in [7, 11) is 3.94. The summed E-state index contributed by atoms with van der Waals surface area (Å²) in [4.78, 5) is 15.3. The monoisotopic (exact) mass is 196 g/mol. The van der Waals surface area contributed by atoms with Crippen molar-refractivity contribution in [3.63, 3.8) is 0 Å². The highest BCUT2D eigenvalue weighted by Gasteiger charge is 2.04. The van der Waals surface area contributed by atoms with Crippen molar-refractivity contribution in [2.24, 2.45) is 0 Å². The molecular formula is C11H20N2O. The zero-order chi connectivity index (χ0) is 11.0. The Morgan fingerprint density at radius 3 is 2.43 bits per heavy atom. The first kappa shape index (κ1) is 12.9. The summed E-state index contributed by atoms with van der Waals surface area (Å²) in [6.07, 6.45) is 5.22. The van der Waals surface area contributed by atoms with Crippen LogP contribution in [0.4, 0.5) is 0 Å². The molecule has 0 aliphatic carbocycles. The van der Waals surface area contributed by atoms with Crippen LogP contribution in [0.1, 0.15) is 6.92 Å².